The van der Waals surface area contributed by atoms with Gasteiger partial charge in [0.2, 0.25) is 15.9 Å². The molecule has 1 atom stereocenters. The normalized spacial score (nSPS) is 12.8. The van der Waals surface area contributed by atoms with Crippen molar-refractivity contribution >= 4 is 60.5 Å². The number of fused-ring (bicyclic) bond motifs is 1. The zero-order valence-electron chi connectivity index (χ0n) is 17.6. The summed E-state index contributed by atoms with van der Waals surface area (Å²) in [5.41, 5.74) is 1.66. The van der Waals surface area contributed by atoms with Crippen molar-refractivity contribution in [2.24, 2.45) is 0 Å². The third-order valence-electron chi connectivity index (χ3n) is 4.81. The van der Waals surface area contributed by atoms with Crippen LogP contribution in [0.4, 0.5) is 11.4 Å². The van der Waals surface area contributed by atoms with Crippen molar-refractivity contribution in [2.75, 3.05) is 15.9 Å². The fourth-order valence-electron chi connectivity index (χ4n) is 3.48. The number of amides is 1. The van der Waals surface area contributed by atoms with Crippen LogP contribution < -0.4 is 14.5 Å². The highest BCUT2D eigenvalue weighted by Gasteiger charge is 2.31. The van der Waals surface area contributed by atoms with Crippen LogP contribution in [0.2, 0.25) is 5.02 Å². The first kappa shape index (κ1) is 23.3. The summed E-state index contributed by atoms with van der Waals surface area (Å²) in [5.74, 6) is -0.460. The van der Waals surface area contributed by atoms with E-state index in [9.17, 15) is 18.0 Å². The molecular formula is C21H24ClN3O4S2. The number of nitrogens with one attached hydrogen (secondary N) is 1. The van der Waals surface area contributed by atoms with E-state index < -0.39 is 22.0 Å². The second-order valence-corrected chi connectivity index (χ2v) is 10.8. The average Bonchev–Trinajstić information content (AvgIpc) is 3.01. The molecule has 3 rings (SSSR count). The molecule has 1 aromatic heterocycles. The molecule has 1 N–H and O–H groups in total. The van der Waals surface area contributed by atoms with E-state index in [-0.39, 0.29) is 17.3 Å². The highest BCUT2D eigenvalue weighted by atomic mass is 35.5. The molecule has 0 spiro atoms. The average molecular weight is 482 g/mol. The number of carbonyl (C=O) groups is 1. The van der Waals surface area contributed by atoms with E-state index in [0.29, 0.717) is 16.4 Å². The Bertz CT molecular complexity index is 1260. The van der Waals surface area contributed by atoms with Crippen LogP contribution in [0.25, 0.3) is 10.2 Å². The molecule has 0 aliphatic carbocycles. The molecule has 0 unspecified atom stereocenters. The maximum absolute atomic E-state index is 13.1. The minimum Gasteiger partial charge on any atom is -0.324 e. The lowest BCUT2D eigenvalue weighted by Crippen LogP contribution is -2.46. The van der Waals surface area contributed by atoms with Crippen LogP contribution in [0, 0.1) is 0 Å². The molecule has 0 saturated heterocycles. The van der Waals surface area contributed by atoms with Gasteiger partial charge in [0.05, 0.1) is 22.2 Å². The molecule has 31 heavy (non-hydrogen) atoms. The summed E-state index contributed by atoms with van der Waals surface area (Å²) in [6.07, 6.45) is 1.33. The predicted molar refractivity (Wildman–Crippen MR) is 128 cm³/mol. The Kier molecular flexibility index (Phi) is 6.78. The molecule has 1 heterocycles. The van der Waals surface area contributed by atoms with Crippen molar-refractivity contribution < 1.29 is 13.2 Å². The van der Waals surface area contributed by atoms with Gasteiger partial charge in [0.1, 0.15) is 6.04 Å². The highest BCUT2D eigenvalue weighted by molar-refractivity contribution is 7.92. The van der Waals surface area contributed by atoms with E-state index in [1.807, 2.05) is 13.8 Å². The number of thiazole rings is 1. The van der Waals surface area contributed by atoms with Gasteiger partial charge in [-0.15, -0.1) is 0 Å². The van der Waals surface area contributed by atoms with Gasteiger partial charge < -0.3 is 5.32 Å². The van der Waals surface area contributed by atoms with Gasteiger partial charge in [0.15, 0.2) is 0 Å². The van der Waals surface area contributed by atoms with Gasteiger partial charge in [0, 0.05) is 16.8 Å². The zero-order chi connectivity index (χ0) is 22.9. The molecule has 10 heteroatoms. The maximum Gasteiger partial charge on any atom is 0.308 e. The van der Waals surface area contributed by atoms with Gasteiger partial charge in [-0.25, -0.2) is 8.42 Å². The number of aromatic nitrogens is 1. The Morgan fingerprint density at radius 2 is 1.84 bits per heavy atom. The van der Waals surface area contributed by atoms with E-state index >= 15 is 0 Å². The van der Waals surface area contributed by atoms with Crippen molar-refractivity contribution in [1.82, 2.24) is 4.57 Å². The first-order chi connectivity index (χ1) is 14.5. The summed E-state index contributed by atoms with van der Waals surface area (Å²) >= 11 is 7.03. The molecule has 1 amide bonds. The van der Waals surface area contributed by atoms with Gasteiger partial charge in [-0.05, 0) is 62.7 Å². The zero-order valence-corrected chi connectivity index (χ0v) is 20.0. The molecule has 0 aliphatic rings. The first-order valence-electron chi connectivity index (χ1n) is 9.73. The van der Waals surface area contributed by atoms with E-state index in [4.69, 9.17) is 11.6 Å². The Balaban J connectivity index is 1.94. The van der Waals surface area contributed by atoms with Gasteiger partial charge in [0.25, 0.3) is 0 Å². The highest BCUT2D eigenvalue weighted by Crippen LogP contribution is 2.27. The Morgan fingerprint density at radius 3 is 2.39 bits per heavy atom. The molecule has 0 fully saturated rings. The van der Waals surface area contributed by atoms with Gasteiger partial charge >= 0.3 is 4.87 Å². The SMILES string of the molecule is CC[C@H](C(=O)Nc1ccc2c(c1)sc(=O)n2C(C)C)N(c1ccc(Cl)cc1)S(C)(=O)=O. The van der Waals surface area contributed by atoms with Crippen molar-refractivity contribution in [3.63, 3.8) is 0 Å². The molecule has 0 bridgehead atoms. The van der Waals surface area contributed by atoms with Crippen LogP contribution in [-0.4, -0.2) is 31.2 Å². The second kappa shape index (κ2) is 9.02. The Hall–Kier alpha value is -2.36. The topological polar surface area (TPSA) is 88.5 Å². The van der Waals surface area contributed by atoms with Gasteiger partial charge in [-0.3, -0.25) is 18.5 Å². The number of nitrogens with zero attached hydrogens (tertiary/aromatic N) is 2. The quantitative estimate of drug-likeness (QED) is 0.538. The van der Waals surface area contributed by atoms with Crippen molar-refractivity contribution in [2.45, 2.75) is 39.3 Å². The van der Waals surface area contributed by atoms with Crippen LogP contribution in [0.5, 0.6) is 0 Å². The molecule has 7 nitrogen and oxygen atoms in total. The predicted octanol–water partition coefficient (Wildman–Crippen LogP) is 4.48. The molecule has 0 radical (unpaired) electrons. The first-order valence-corrected chi connectivity index (χ1v) is 12.8. The van der Waals surface area contributed by atoms with Crippen LogP contribution >= 0.6 is 22.9 Å². The fraction of sp³-hybridized carbons (Fsp3) is 0.333. The van der Waals surface area contributed by atoms with E-state index in [2.05, 4.69) is 5.32 Å². The summed E-state index contributed by atoms with van der Waals surface area (Å²) < 4.78 is 28.6. The minimum absolute atomic E-state index is 0.0221. The number of anilines is 2. The number of rotatable bonds is 7. The molecule has 3 aromatic rings. The number of hydrogen-bond acceptors (Lipinski definition) is 5. The Morgan fingerprint density at radius 1 is 1.19 bits per heavy atom. The molecule has 166 valence electrons. The summed E-state index contributed by atoms with van der Waals surface area (Å²) in [4.78, 5) is 25.3. The number of halogens is 1. The lowest BCUT2D eigenvalue weighted by atomic mass is 10.1. The third kappa shape index (κ3) is 4.94. The van der Waals surface area contributed by atoms with Crippen molar-refractivity contribution in [3.05, 3.63) is 57.2 Å². The fourth-order valence-corrected chi connectivity index (χ4v) is 5.87. The number of benzene rings is 2. The van der Waals surface area contributed by atoms with E-state index in [1.54, 1.807) is 54.0 Å². The second-order valence-electron chi connectivity index (χ2n) is 7.46. The van der Waals surface area contributed by atoms with Crippen LogP contribution in [-0.2, 0) is 14.8 Å². The van der Waals surface area contributed by atoms with Crippen LogP contribution in [0.15, 0.2) is 47.3 Å². The van der Waals surface area contributed by atoms with Gasteiger partial charge in [-0.1, -0.05) is 29.9 Å². The molecule has 2 aromatic carbocycles. The number of sulfonamides is 1. The summed E-state index contributed by atoms with van der Waals surface area (Å²) in [7, 11) is -3.74. The van der Waals surface area contributed by atoms with Crippen molar-refractivity contribution in [1.29, 1.82) is 0 Å². The number of carbonyl (C=O) groups excluding carboxylic acids is 1. The van der Waals surface area contributed by atoms with Crippen LogP contribution in [0.1, 0.15) is 33.2 Å². The molecule has 0 aliphatic heterocycles. The maximum atomic E-state index is 13.1. The van der Waals surface area contributed by atoms with Crippen molar-refractivity contribution in [3.8, 4) is 0 Å². The third-order valence-corrected chi connectivity index (χ3v) is 7.16. The monoisotopic (exact) mass is 481 g/mol. The number of hydrogen-bond donors (Lipinski definition) is 1. The lowest BCUT2D eigenvalue weighted by molar-refractivity contribution is -0.117. The minimum atomic E-state index is -3.74. The van der Waals surface area contributed by atoms with Crippen LogP contribution in [0.3, 0.4) is 0 Å². The van der Waals surface area contributed by atoms with E-state index in [0.717, 1.165) is 32.1 Å². The Labute approximate surface area is 190 Å². The summed E-state index contributed by atoms with van der Waals surface area (Å²) in [6, 6.07) is 10.6. The summed E-state index contributed by atoms with van der Waals surface area (Å²) in [5, 5.41) is 3.27. The largest absolute Gasteiger partial charge is 0.324 e. The summed E-state index contributed by atoms with van der Waals surface area (Å²) in [6.45, 7) is 5.62. The molecule has 0 saturated carbocycles. The lowest BCUT2D eigenvalue weighted by Gasteiger charge is -2.30. The molecular weight excluding hydrogens is 458 g/mol. The standard InChI is InChI=1S/C21H24ClN3O4S2/c1-5-17(25(31(4,28)29)16-9-6-14(22)7-10-16)20(26)23-15-8-11-18-19(12-15)30-21(27)24(18)13(2)3/h6-13,17H,5H2,1-4H3,(H,23,26)/t17-/m1/s1. The smallest absolute Gasteiger partial charge is 0.308 e. The van der Waals surface area contributed by atoms with E-state index in [1.165, 1.54) is 0 Å². The van der Waals surface area contributed by atoms with Gasteiger partial charge in [-0.2, -0.15) is 0 Å².